The molecule has 2 aromatic rings. The number of nitrogen functional groups attached to an aromatic ring is 1. The van der Waals surface area contributed by atoms with Gasteiger partial charge < -0.3 is 5.73 Å². The second kappa shape index (κ2) is 5.57. The molecule has 102 valence electrons. The van der Waals surface area contributed by atoms with E-state index in [-0.39, 0.29) is 17.1 Å². The molecule has 0 fully saturated rings. The number of nitrogens with zero attached hydrogens (tertiary/aromatic N) is 2. The summed E-state index contributed by atoms with van der Waals surface area (Å²) in [5.41, 5.74) is 5.63. The molecule has 0 heterocycles. The second-order valence-electron chi connectivity index (χ2n) is 3.84. The van der Waals surface area contributed by atoms with Crippen LogP contribution in [0.4, 0.5) is 17.1 Å². The molecule has 0 atom stereocenters. The van der Waals surface area contributed by atoms with E-state index in [1.54, 1.807) is 18.2 Å². The van der Waals surface area contributed by atoms with Crippen molar-refractivity contribution in [2.45, 2.75) is 9.79 Å². The van der Waals surface area contributed by atoms with Gasteiger partial charge in [-0.2, -0.15) is 0 Å². The molecule has 2 N–H and O–H groups in total. The number of hydrogen-bond acceptors (Lipinski definition) is 6. The van der Waals surface area contributed by atoms with Crippen LogP contribution >= 0.6 is 11.8 Å². The lowest BCUT2D eigenvalue weighted by Gasteiger charge is -2.04. The maximum absolute atomic E-state index is 10.9. The fraction of sp³-hybridized carbons (Fsp3) is 0. The lowest BCUT2D eigenvalue weighted by molar-refractivity contribution is -0.387. The molecule has 0 saturated carbocycles. The Labute approximate surface area is 117 Å². The van der Waals surface area contributed by atoms with E-state index in [9.17, 15) is 20.2 Å². The van der Waals surface area contributed by atoms with Crippen LogP contribution in [0.3, 0.4) is 0 Å². The van der Waals surface area contributed by atoms with Crippen LogP contribution in [-0.2, 0) is 0 Å². The summed E-state index contributed by atoms with van der Waals surface area (Å²) >= 11 is 1.06. The highest BCUT2D eigenvalue weighted by molar-refractivity contribution is 7.99. The maximum atomic E-state index is 10.9. The van der Waals surface area contributed by atoms with Crippen molar-refractivity contribution in [2.75, 3.05) is 5.73 Å². The zero-order valence-corrected chi connectivity index (χ0v) is 10.9. The Balaban J connectivity index is 2.40. The van der Waals surface area contributed by atoms with Gasteiger partial charge in [0.15, 0.2) is 0 Å². The average molecular weight is 291 g/mol. The van der Waals surface area contributed by atoms with Crippen LogP contribution in [0.2, 0.25) is 0 Å². The minimum absolute atomic E-state index is 0.0532. The fourth-order valence-electron chi connectivity index (χ4n) is 1.59. The minimum atomic E-state index is -0.556. The van der Waals surface area contributed by atoms with Crippen LogP contribution in [0, 0.1) is 20.2 Å². The number of nitro groups is 2. The fourth-order valence-corrected chi connectivity index (χ4v) is 2.61. The quantitative estimate of drug-likeness (QED) is 0.525. The molecule has 20 heavy (non-hydrogen) atoms. The first kappa shape index (κ1) is 13.8. The summed E-state index contributed by atoms with van der Waals surface area (Å²) in [6, 6.07) is 10.3. The Morgan fingerprint density at radius 1 is 1.00 bits per heavy atom. The zero-order chi connectivity index (χ0) is 14.7. The van der Waals surface area contributed by atoms with Crippen LogP contribution in [-0.4, -0.2) is 9.85 Å². The van der Waals surface area contributed by atoms with Crippen LogP contribution in [0.15, 0.2) is 52.3 Å². The van der Waals surface area contributed by atoms with Crippen molar-refractivity contribution >= 4 is 28.8 Å². The topological polar surface area (TPSA) is 112 Å². The summed E-state index contributed by atoms with van der Waals surface area (Å²) in [6.45, 7) is 0. The molecule has 0 amide bonds. The van der Waals surface area contributed by atoms with E-state index >= 15 is 0 Å². The van der Waals surface area contributed by atoms with E-state index in [0.29, 0.717) is 9.79 Å². The number of non-ortho nitro benzene ring substituents is 1. The lowest BCUT2D eigenvalue weighted by atomic mass is 10.3. The van der Waals surface area contributed by atoms with E-state index in [1.165, 1.54) is 24.3 Å². The molecule has 2 aromatic carbocycles. The van der Waals surface area contributed by atoms with Crippen LogP contribution < -0.4 is 5.73 Å². The van der Waals surface area contributed by atoms with Crippen molar-refractivity contribution in [3.63, 3.8) is 0 Å². The predicted molar refractivity (Wildman–Crippen MR) is 74.7 cm³/mol. The van der Waals surface area contributed by atoms with E-state index < -0.39 is 9.85 Å². The highest BCUT2D eigenvalue weighted by atomic mass is 32.2. The van der Waals surface area contributed by atoms with Crippen molar-refractivity contribution in [1.82, 2.24) is 0 Å². The van der Waals surface area contributed by atoms with Gasteiger partial charge in [-0.25, -0.2) is 0 Å². The molecule has 7 nitrogen and oxygen atoms in total. The molecular formula is C12H9N3O4S. The summed E-state index contributed by atoms with van der Waals surface area (Å²) in [4.78, 5) is 21.5. The van der Waals surface area contributed by atoms with Crippen molar-refractivity contribution in [1.29, 1.82) is 0 Å². The molecule has 0 spiro atoms. The van der Waals surface area contributed by atoms with Crippen molar-refractivity contribution in [3.05, 3.63) is 62.7 Å². The van der Waals surface area contributed by atoms with Gasteiger partial charge in [0.05, 0.1) is 14.7 Å². The van der Waals surface area contributed by atoms with Crippen LogP contribution in [0.25, 0.3) is 0 Å². The number of nitro benzene ring substituents is 2. The van der Waals surface area contributed by atoms with Gasteiger partial charge in [-0.05, 0) is 12.1 Å². The summed E-state index contributed by atoms with van der Waals surface area (Å²) in [6.07, 6.45) is 0. The third-order valence-electron chi connectivity index (χ3n) is 2.41. The normalized spacial score (nSPS) is 10.2. The van der Waals surface area contributed by atoms with Crippen LogP contribution in [0.1, 0.15) is 0 Å². The van der Waals surface area contributed by atoms with E-state index in [4.69, 9.17) is 5.73 Å². The Morgan fingerprint density at radius 3 is 2.35 bits per heavy atom. The van der Waals surface area contributed by atoms with Gasteiger partial charge in [0.1, 0.15) is 0 Å². The van der Waals surface area contributed by atoms with Gasteiger partial charge in [0.2, 0.25) is 0 Å². The summed E-state index contributed by atoms with van der Waals surface area (Å²) in [7, 11) is 0. The predicted octanol–water partition coefficient (Wildman–Crippen LogP) is 3.24. The number of rotatable bonds is 4. The Hall–Kier alpha value is -2.61. The van der Waals surface area contributed by atoms with Gasteiger partial charge >= 0.3 is 0 Å². The molecule has 0 aliphatic rings. The first-order valence-corrected chi connectivity index (χ1v) is 6.25. The molecule has 0 unspecified atom stereocenters. The monoisotopic (exact) mass is 291 g/mol. The maximum Gasteiger partial charge on any atom is 0.283 e. The largest absolute Gasteiger partial charge is 0.398 e. The first-order valence-electron chi connectivity index (χ1n) is 5.43. The molecule has 0 saturated heterocycles. The number of para-hydroxylation sites is 1. The number of nitrogens with two attached hydrogens (primary N) is 1. The second-order valence-corrected chi connectivity index (χ2v) is 4.96. The van der Waals surface area contributed by atoms with E-state index in [2.05, 4.69) is 0 Å². The molecule has 0 bridgehead atoms. The Kier molecular flexibility index (Phi) is 3.85. The highest BCUT2D eigenvalue weighted by Crippen LogP contribution is 2.36. The van der Waals surface area contributed by atoms with Gasteiger partial charge in [-0.1, -0.05) is 23.9 Å². The van der Waals surface area contributed by atoms with Gasteiger partial charge in [-0.3, -0.25) is 20.2 Å². The first-order chi connectivity index (χ1) is 9.47. The minimum Gasteiger partial charge on any atom is -0.398 e. The molecule has 2 rings (SSSR count). The van der Waals surface area contributed by atoms with Gasteiger partial charge in [-0.15, -0.1) is 0 Å². The average Bonchev–Trinajstić information content (AvgIpc) is 2.38. The van der Waals surface area contributed by atoms with E-state index in [0.717, 1.165) is 11.8 Å². The summed E-state index contributed by atoms with van der Waals surface area (Å²) in [5, 5.41) is 21.7. The molecular weight excluding hydrogens is 282 g/mol. The summed E-state index contributed by atoms with van der Waals surface area (Å²) in [5.74, 6) is 0. The standard InChI is InChI=1S/C12H9N3O4S/c13-8-5-9(14(16)17)7-10(6-8)20-12-4-2-1-3-11(12)15(18)19/h1-7H,13H2. The Bertz CT molecular complexity index is 690. The lowest BCUT2D eigenvalue weighted by Crippen LogP contribution is -1.93. The van der Waals surface area contributed by atoms with Crippen molar-refractivity contribution in [3.8, 4) is 0 Å². The molecule has 0 aliphatic carbocycles. The Morgan fingerprint density at radius 2 is 1.70 bits per heavy atom. The van der Waals surface area contributed by atoms with Gasteiger partial charge in [0.25, 0.3) is 11.4 Å². The van der Waals surface area contributed by atoms with Crippen molar-refractivity contribution in [2.24, 2.45) is 0 Å². The molecule has 8 heteroatoms. The zero-order valence-electron chi connectivity index (χ0n) is 10.1. The molecule has 0 aliphatic heterocycles. The van der Waals surface area contributed by atoms with Crippen LogP contribution in [0.5, 0.6) is 0 Å². The highest BCUT2D eigenvalue weighted by Gasteiger charge is 2.15. The molecule has 0 radical (unpaired) electrons. The van der Waals surface area contributed by atoms with Gasteiger partial charge in [0, 0.05) is 28.8 Å². The third kappa shape index (κ3) is 3.04. The number of benzene rings is 2. The summed E-state index contributed by atoms with van der Waals surface area (Å²) < 4.78 is 0. The smallest absolute Gasteiger partial charge is 0.283 e. The van der Waals surface area contributed by atoms with Crippen molar-refractivity contribution < 1.29 is 9.85 Å². The third-order valence-corrected chi connectivity index (χ3v) is 3.45. The number of anilines is 1. The molecule has 0 aromatic heterocycles. The number of hydrogen-bond donors (Lipinski definition) is 1. The van der Waals surface area contributed by atoms with E-state index in [1.807, 2.05) is 0 Å². The SMILES string of the molecule is Nc1cc(Sc2ccccc2[N+](=O)[O-])cc([N+](=O)[O-])c1.